The molecule has 0 spiro atoms. The monoisotopic (exact) mass is 369 g/mol. The quantitative estimate of drug-likeness (QED) is 0.369. The first-order chi connectivity index (χ1) is 11.0. The first kappa shape index (κ1) is 15.0. The van der Waals surface area contributed by atoms with Crippen molar-refractivity contribution in [1.29, 1.82) is 5.41 Å². The number of pyridine rings is 2. The lowest BCUT2D eigenvalue weighted by molar-refractivity contribution is 1.15. The van der Waals surface area contributed by atoms with Gasteiger partial charge in [-0.15, -0.1) is 10.2 Å². The molecule has 3 aromatic rings. The highest BCUT2D eigenvalue weighted by molar-refractivity contribution is 9.10. The highest BCUT2D eigenvalue weighted by Gasteiger charge is 2.07. The molecule has 5 N–H and O–H groups in total. The number of benzene rings is 1. The average molecular weight is 370 g/mol. The normalized spacial score (nSPS) is 11.2. The van der Waals surface area contributed by atoms with Gasteiger partial charge < -0.3 is 11.5 Å². The Labute approximate surface area is 140 Å². The fourth-order valence-electron chi connectivity index (χ4n) is 2.00. The Bertz CT molecular complexity index is 914. The lowest BCUT2D eigenvalue weighted by Gasteiger charge is -2.04. The van der Waals surface area contributed by atoms with Gasteiger partial charge in [-0.25, -0.2) is 9.97 Å². The number of aromatic nitrogens is 2. The third-order valence-corrected chi connectivity index (χ3v) is 3.66. The highest BCUT2D eigenvalue weighted by atomic mass is 79.9. The van der Waals surface area contributed by atoms with Gasteiger partial charge in [0.2, 0.25) is 0 Å². The summed E-state index contributed by atoms with van der Waals surface area (Å²) < 4.78 is 0.913. The van der Waals surface area contributed by atoms with Crippen LogP contribution in [0.5, 0.6) is 0 Å². The number of azo groups is 1. The summed E-state index contributed by atoms with van der Waals surface area (Å²) in [6, 6.07) is 9.04. The summed E-state index contributed by atoms with van der Waals surface area (Å²) in [6.45, 7) is 0. The molecule has 0 radical (unpaired) electrons. The van der Waals surface area contributed by atoms with Crippen molar-refractivity contribution in [2.24, 2.45) is 16.0 Å². The molecular formula is C15H12BrN7. The lowest BCUT2D eigenvalue weighted by Crippen LogP contribution is -2.10. The number of hydrogen-bond acceptors (Lipinski definition) is 6. The van der Waals surface area contributed by atoms with Crippen LogP contribution in [-0.4, -0.2) is 15.8 Å². The molecule has 114 valence electrons. The van der Waals surface area contributed by atoms with Crippen LogP contribution in [0.2, 0.25) is 0 Å². The number of halogens is 1. The third-order valence-electron chi connectivity index (χ3n) is 3.17. The molecule has 0 saturated carbocycles. The third kappa shape index (κ3) is 3.16. The molecule has 2 heterocycles. The molecule has 0 saturated heterocycles. The van der Waals surface area contributed by atoms with Crippen molar-refractivity contribution in [3.63, 3.8) is 0 Å². The molecular weight excluding hydrogens is 358 g/mol. The van der Waals surface area contributed by atoms with Crippen molar-refractivity contribution < 1.29 is 0 Å². The van der Waals surface area contributed by atoms with Crippen molar-refractivity contribution in [1.82, 2.24) is 9.97 Å². The van der Waals surface area contributed by atoms with Crippen LogP contribution in [0.15, 0.2) is 57.4 Å². The van der Waals surface area contributed by atoms with Gasteiger partial charge >= 0.3 is 0 Å². The van der Waals surface area contributed by atoms with E-state index in [0.717, 1.165) is 15.2 Å². The van der Waals surface area contributed by atoms with Gasteiger partial charge in [0.15, 0.2) is 11.6 Å². The van der Waals surface area contributed by atoms with E-state index in [1.807, 2.05) is 18.2 Å². The summed E-state index contributed by atoms with van der Waals surface area (Å²) >= 11 is 3.43. The van der Waals surface area contributed by atoms with Gasteiger partial charge in [0.1, 0.15) is 11.5 Å². The number of rotatable bonds is 3. The van der Waals surface area contributed by atoms with Crippen molar-refractivity contribution in [2.75, 3.05) is 5.73 Å². The van der Waals surface area contributed by atoms with E-state index in [2.05, 4.69) is 36.1 Å². The zero-order valence-electron chi connectivity index (χ0n) is 11.9. The maximum Gasteiger partial charge on any atom is 0.174 e. The van der Waals surface area contributed by atoms with Gasteiger partial charge in [0.05, 0.1) is 0 Å². The summed E-state index contributed by atoms with van der Waals surface area (Å²) in [6.07, 6.45) is 3.16. The topological polar surface area (TPSA) is 126 Å². The molecule has 0 fully saturated rings. The number of nitrogens with one attached hydrogen (secondary N) is 1. The largest absolute Gasteiger partial charge is 0.384 e. The van der Waals surface area contributed by atoms with Gasteiger partial charge in [-0.05, 0) is 24.3 Å². The minimum absolute atomic E-state index is 0.0478. The Morgan fingerprint density at radius 1 is 1.09 bits per heavy atom. The molecule has 0 aliphatic heterocycles. The number of nitrogens with two attached hydrogens (primary N) is 2. The molecule has 2 aromatic heterocycles. The summed E-state index contributed by atoms with van der Waals surface area (Å²) in [5.74, 6) is 0.634. The van der Waals surface area contributed by atoms with E-state index in [4.69, 9.17) is 16.9 Å². The van der Waals surface area contributed by atoms with E-state index in [0.29, 0.717) is 22.9 Å². The molecule has 0 unspecified atom stereocenters. The Balaban J connectivity index is 2.01. The number of amidine groups is 1. The molecule has 0 aliphatic rings. The summed E-state index contributed by atoms with van der Waals surface area (Å²) in [5, 5.41) is 17.4. The molecule has 0 aliphatic carbocycles. The molecule has 0 atom stereocenters. The highest BCUT2D eigenvalue weighted by Crippen LogP contribution is 2.33. The van der Waals surface area contributed by atoms with E-state index in [1.54, 1.807) is 18.3 Å². The van der Waals surface area contributed by atoms with Gasteiger partial charge in [-0.2, -0.15) is 0 Å². The summed E-state index contributed by atoms with van der Waals surface area (Å²) in [5.41, 5.74) is 12.3. The number of nitrogen functional groups attached to an aromatic ring is 2. The zero-order chi connectivity index (χ0) is 16.4. The number of nitrogens with zero attached hydrogens (tertiary/aromatic N) is 4. The Morgan fingerprint density at radius 3 is 2.61 bits per heavy atom. The minimum Gasteiger partial charge on any atom is -0.384 e. The number of hydrogen-bond donors (Lipinski definition) is 3. The van der Waals surface area contributed by atoms with E-state index in [1.165, 1.54) is 6.20 Å². The molecule has 1 aromatic carbocycles. The second-order valence-corrected chi connectivity index (χ2v) is 5.66. The molecule has 23 heavy (non-hydrogen) atoms. The summed E-state index contributed by atoms with van der Waals surface area (Å²) in [4.78, 5) is 8.22. The average Bonchev–Trinajstić information content (AvgIpc) is 2.54. The van der Waals surface area contributed by atoms with Crippen LogP contribution in [0.1, 0.15) is 5.56 Å². The van der Waals surface area contributed by atoms with Gasteiger partial charge in [0, 0.05) is 33.2 Å². The van der Waals surface area contributed by atoms with Crippen molar-refractivity contribution >= 4 is 49.9 Å². The number of anilines is 1. The van der Waals surface area contributed by atoms with Crippen LogP contribution < -0.4 is 11.5 Å². The molecule has 0 bridgehead atoms. The second-order valence-electron chi connectivity index (χ2n) is 4.74. The van der Waals surface area contributed by atoms with E-state index >= 15 is 0 Å². The smallest absolute Gasteiger partial charge is 0.174 e. The predicted molar refractivity (Wildman–Crippen MR) is 93.3 cm³/mol. The fraction of sp³-hybridized carbons (Fsp3) is 0. The predicted octanol–water partition coefficient (Wildman–Crippen LogP) is 3.67. The molecule has 7 nitrogen and oxygen atoms in total. The van der Waals surface area contributed by atoms with Crippen molar-refractivity contribution in [3.8, 4) is 0 Å². The Morgan fingerprint density at radius 2 is 1.91 bits per heavy atom. The standard InChI is InChI=1S/C15H12BrN7/c16-10-3-1-8-6-21-15(19)13(11(8)5-10)23-22-12-4-2-9(7-20-12)14(17)18/h1-7H,(H3,17,18)(H2,19,21). The first-order valence-corrected chi connectivity index (χ1v) is 7.40. The Hall–Kier alpha value is -2.87. The number of fused-ring (bicyclic) bond motifs is 1. The lowest BCUT2D eigenvalue weighted by atomic mass is 10.1. The van der Waals surface area contributed by atoms with Gasteiger partial charge in [-0.3, -0.25) is 5.41 Å². The molecule has 3 rings (SSSR count). The van der Waals surface area contributed by atoms with Crippen LogP contribution in [-0.2, 0) is 0 Å². The van der Waals surface area contributed by atoms with Crippen molar-refractivity contribution in [3.05, 3.63) is 52.8 Å². The van der Waals surface area contributed by atoms with Crippen LogP contribution in [0.4, 0.5) is 17.3 Å². The van der Waals surface area contributed by atoms with Gasteiger partial charge in [0.25, 0.3) is 0 Å². The van der Waals surface area contributed by atoms with Gasteiger partial charge in [-0.1, -0.05) is 22.0 Å². The fourth-order valence-corrected chi connectivity index (χ4v) is 2.36. The van der Waals surface area contributed by atoms with E-state index in [-0.39, 0.29) is 5.84 Å². The van der Waals surface area contributed by atoms with Crippen LogP contribution in [0.25, 0.3) is 10.8 Å². The maximum atomic E-state index is 7.34. The SMILES string of the molecule is N=C(N)c1ccc(N=Nc2c(N)ncc3ccc(Br)cc23)nc1. The van der Waals surface area contributed by atoms with E-state index in [9.17, 15) is 0 Å². The second kappa shape index (κ2) is 6.09. The van der Waals surface area contributed by atoms with E-state index < -0.39 is 0 Å². The van der Waals surface area contributed by atoms with Crippen LogP contribution in [0.3, 0.4) is 0 Å². The maximum absolute atomic E-state index is 7.34. The molecule has 8 heteroatoms. The first-order valence-electron chi connectivity index (χ1n) is 6.60. The van der Waals surface area contributed by atoms with Crippen LogP contribution in [0, 0.1) is 5.41 Å². The molecule has 0 amide bonds. The zero-order valence-corrected chi connectivity index (χ0v) is 13.4. The minimum atomic E-state index is -0.0478. The van der Waals surface area contributed by atoms with Crippen LogP contribution >= 0.6 is 15.9 Å². The Kier molecular flexibility index (Phi) is 3.98. The van der Waals surface area contributed by atoms with Crippen molar-refractivity contribution in [2.45, 2.75) is 0 Å². The summed E-state index contributed by atoms with van der Waals surface area (Å²) in [7, 11) is 0.